The van der Waals surface area contributed by atoms with Crippen molar-refractivity contribution in [3.8, 4) is 11.4 Å². The molecular formula is C22H27F2N5O2. The molecular weight excluding hydrogens is 404 g/mol. The maximum Gasteiger partial charge on any atom is 0.410 e. The van der Waals surface area contributed by atoms with E-state index in [-0.39, 0.29) is 25.8 Å². The Balaban J connectivity index is 1.72. The minimum Gasteiger partial charge on any atom is -0.444 e. The van der Waals surface area contributed by atoms with Crippen LogP contribution in [0, 0.1) is 0 Å². The molecule has 3 heterocycles. The molecule has 2 aliphatic rings. The van der Waals surface area contributed by atoms with Gasteiger partial charge in [-0.2, -0.15) is 5.10 Å². The summed E-state index contributed by atoms with van der Waals surface area (Å²) in [6, 6.07) is 1.87. The van der Waals surface area contributed by atoms with Crippen molar-refractivity contribution in [3.05, 3.63) is 35.4 Å². The molecule has 9 heteroatoms. The van der Waals surface area contributed by atoms with E-state index in [1.807, 2.05) is 40.1 Å². The Labute approximate surface area is 180 Å². The van der Waals surface area contributed by atoms with Crippen LogP contribution in [-0.2, 0) is 24.8 Å². The molecule has 7 nitrogen and oxygen atoms in total. The van der Waals surface area contributed by atoms with Crippen molar-refractivity contribution < 1.29 is 18.3 Å². The summed E-state index contributed by atoms with van der Waals surface area (Å²) in [4.78, 5) is 23.6. The molecule has 0 saturated heterocycles. The van der Waals surface area contributed by atoms with Crippen LogP contribution in [0.5, 0.6) is 0 Å². The summed E-state index contributed by atoms with van der Waals surface area (Å²) in [7, 11) is 1.83. The number of ether oxygens (including phenoxy) is 1. The van der Waals surface area contributed by atoms with E-state index in [9.17, 15) is 13.6 Å². The first-order valence-electron chi connectivity index (χ1n) is 10.5. The predicted octanol–water partition coefficient (Wildman–Crippen LogP) is 4.37. The molecule has 1 aliphatic carbocycles. The quantitative estimate of drug-likeness (QED) is 0.706. The second kappa shape index (κ2) is 7.69. The minimum absolute atomic E-state index is 0.212. The van der Waals surface area contributed by atoms with Crippen LogP contribution in [0.2, 0.25) is 0 Å². The number of alkyl halides is 2. The standard InChI is InChI=1S/C22H27F2N5O2/c1-21(2,3)31-20(30)29-12-7-15-17(13-29)25-19(14-5-9-22(23,24)10-6-14)26-18(15)16-8-11-28(4)27-16/h5,8,11H,6-7,9-10,12-13H2,1-4H3. The van der Waals surface area contributed by atoms with Crippen molar-refractivity contribution >= 4 is 11.7 Å². The number of aromatic nitrogens is 4. The lowest BCUT2D eigenvalue weighted by Gasteiger charge is -2.31. The van der Waals surface area contributed by atoms with Gasteiger partial charge >= 0.3 is 6.09 Å². The van der Waals surface area contributed by atoms with E-state index in [1.165, 1.54) is 6.08 Å². The van der Waals surface area contributed by atoms with Gasteiger partial charge in [0.1, 0.15) is 11.3 Å². The highest BCUT2D eigenvalue weighted by Crippen LogP contribution is 2.37. The van der Waals surface area contributed by atoms with E-state index < -0.39 is 17.6 Å². The molecule has 0 spiro atoms. The normalized spacial score (nSPS) is 18.4. The Kier molecular flexibility index (Phi) is 5.31. The van der Waals surface area contributed by atoms with Gasteiger partial charge in [0.2, 0.25) is 0 Å². The number of halogens is 2. The molecule has 31 heavy (non-hydrogen) atoms. The van der Waals surface area contributed by atoms with Gasteiger partial charge in [-0.25, -0.2) is 23.5 Å². The Morgan fingerprint density at radius 1 is 1.23 bits per heavy atom. The van der Waals surface area contributed by atoms with Gasteiger partial charge in [0.05, 0.1) is 17.9 Å². The number of amides is 1. The van der Waals surface area contributed by atoms with Crippen molar-refractivity contribution in [2.75, 3.05) is 6.54 Å². The highest BCUT2D eigenvalue weighted by Gasteiger charge is 2.33. The summed E-state index contributed by atoms with van der Waals surface area (Å²) in [5.41, 5.74) is 3.16. The van der Waals surface area contributed by atoms with Gasteiger partial charge in [0.15, 0.2) is 5.82 Å². The number of nitrogens with zero attached hydrogens (tertiary/aromatic N) is 5. The zero-order chi connectivity index (χ0) is 22.4. The monoisotopic (exact) mass is 431 g/mol. The van der Waals surface area contributed by atoms with Crippen molar-refractivity contribution in [1.29, 1.82) is 0 Å². The van der Waals surface area contributed by atoms with Crippen molar-refractivity contribution in [3.63, 3.8) is 0 Å². The van der Waals surface area contributed by atoms with Gasteiger partial charge in [0.25, 0.3) is 5.92 Å². The average Bonchev–Trinajstić information content (AvgIpc) is 3.11. The summed E-state index contributed by atoms with van der Waals surface area (Å²) in [5, 5.41) is 4.48. The smallest absolute Gasteiger partial charge is 0.410 e. The summed E-state index contributed by atoms with van der Waals surface area (Å²) in [6.07, 6.45) is 3.21. The number of allylic oxidation sites excluding steroid dienone is 2. The topological polar surface area (TPSA) is 73.1 Å². The maximum atomic E-state index is 13.6. The fourth-order valence-electron chi connectivity index (χ4n) is 3.81. The number of hydrogen-bond acceptors (Lipinski definition) is 5. The number of aryl methyl sites for hydroxylation is 1. The van der Waals surface area contributed by atoms with E-state index >= 15 is 0 Å². The SMILES string of the molecule is Cn1ccc(-c2nc(C3=CCC(F)(F)CC3)nc3c2CCN(C(=O)OC(C)(C)C)C3)n1. The number of fused-ring (bicyclic) bond motifs is 1. The van der Waals surface area contributed by atoms with Crippen LogP contribution in [0.3, 0.4) is 0 Å². The first kappa shape index (κ1) is 21.4. The molecule has 0 bridgehead atoms. The van der Waals surface area contributed by atoms with Gasteiger partial charge in [-0.15, -0.1) is 0 Å². The second-order valence-electron chi connectivity index (χ2n) is 9.14. The predicted molar refractivity (Wildman–Crippen MR) is 111 cm³/mol. The summed E-state index contributed by atoms with van der Waals surface area (Å²) in [5.74, 6) is -2.25. The highest BCUT2D eigenvalue weighted by molar-refractivity contribution is 5.70. The molecule has 0 atom stereocenters. The average molecular weight is 431 g/mol. The van der Waals surface area contributed by atoms with Crippen LogP contribution in [0.15, 0.2) is 18.3 Å². The van der Waals surface area contributed by atoms with E-state index in [2.05, 4.69) is 5.10 Å². The third-order valence-corrected chi connectivity index (χ3v) is 5.37. The summed E-state index contributed by atoms with van der Waals surface area (Å²) >= 11 is 0. The van der Waals surface area contributed by atoms with Crippen molar-refractivity contribution in [1.82, 2.24) is 24.6 Å². The Bertz CT molecular complexity index is 1040. The molecule has 1 amide bonds. The lowest BCUT2D eigenvalue weighted by Crippen LogP contribution is -2.40. The largest absolute Gasteiger partial charge is 0.444 e. The molecule has 0 fully saturated rings. The molecule has 0 saturated carbocycles. The van der Waals surface area contributed by atoms with Crippen LogP contribution < -0.4 is 0 Å². The van der Waals surface area contributed by atoms with Gasteiger partial charge in [0, 0.05) is 38.2 Å². The molecule has 4 rings (SSSR count). The van der Waals surface area contributed by atoms with Crippen LogP contribution in [0.1, 0.15) is 57.1 Å². The van der Waals surface area contributed by atoms with E-state index in [4.69, 9.17) is 14.7 Å². The van der Waals surface area contributed by atoms with Crippen molar-refractivity contribution in [2.24, 2.45) is 7.05 Å². The molecule has 0 N–H and O–H groups in total. The number of hydrogen-bond donors (Lipinski definition) is 0. The number of rotatable bonds is 2. The molecule has 2 aromatic rings. The van der Waals surface area contributed by atoms with Crippen LogP contribution in [0.4, 0.5) is 13.6 Å². The van der Waals surface area contributed by atoms with E-state index in [0.717, 1.165) is 5.56 Å². The van der Waals surface area contributed by atoms with E-state index in [1.54, 1.807) is 9.58 Å². The Morgan fingerprint density at radius 2 is 2.00 bits per heavy atom. The zero-order valence-electron chi connectivity index (χ0n) is 18.3. The van der Waals surface area contributed by atoms with Gasteiger partial charge < -0.3 is 9.64 Å². The first-order chi connectivity index (χ1) is 14.5. The molecule has 0 aromatic carbocycles. The molecule has 0 radical (unpaired) electrons. The van der Waals surface area contributed by atoms with Gasteiger partial charge in [-0.05, 0) is 45.3 Å². The molecule has 1 aliphatic heterocycles. The molecule has 2 aromatic heterocycles. The summed E-state index contributed by atoms with van der Waals surface area (Å²) < 4.78 is 34.5. The van der Waals surface area contributed by atoms with Crippen LogP contribution >= 0.6 is 0 Å². The summed E-state index contributed by atoms with van der Waals surface area (Å²) in [6.45, 7) is 6.25. The number of carbonyl (C=O) groups is 1. The van der Waals surface area contributed by atoms with Gasteiger partial charge in [-0.1, -0.05) is 6.08 Å². The Hall–Kier alpha value is -2.84. The van der Waals surface area contributed by atoms with Gasteiger partial charge in [-0.3, -0.25) is 4.68 Å². The fraction of sp³-hybridized carbons (Fsp3) is 0.545. The minimum atomic E-state index is -2.69. The Morgan fingerprint density at radius 3 is 2.61 bits per heavy atom. The number of carbonyl (C=O) groups excluding carboxylic acids is 1. The fourth-order valence-corrected chi connectivity index (χ4v) is 3.81. The highest BCUT2D eigenvalue weighted by atomic mass is 19.3. The van der Waals surface area contributed by atoms with Crippen molar-refractivity contribution in [2.45, 2.75) is 64.5 Å². The van der Waals surface area contributed by atoms with E-state index in [0.29, 0.717) is 41.4 Å². The molecule has 166 valence electrons. The maximum absolute atomic E-state index is 13.6. The lowest BCUT2D eigenvalue weighted by molar-refractivity contribution is -0.00612. The lowest BCUT2D eigenvalue weighted by atomic mass is 9.94. The third kappa shape index (κ3) is 4.75. The zero-order valence-corrected chi connectivity index (χ0v) is 18.3. The van der Waals surface area contributed by atoms with Crippen LogP contribution in [0.25, 0.3) is 17.0 Å². The third-order valence-electron chi connectivity index (χ3n) is 5.37. The first-order valence-corrected chi connectivity index (χ1v) is 10.5. The molecule has 0 unspecified atom stereocenters. The second-order valence-corrected chi connectivity index (χ2v) is 9.14. The van der Waals surface area contributed by atoms with Crippen LogP contribution in [-0.4, -0.2) is 48.8 Å².